The summed E-state index contributed by atoms with van der Waals surface area (Å²) in [5, 5.41) is 50.3. The summed E-state index contributed by atoms with van der Waals surface area (Å²) in [5.41, 5.74) is 3.46. The highest BCUT2D eigenvalue weighted by Crippen LogP contribution is 2.30. The molecule has 1 fully saturated rings. The van der Waals surface area contributed by atoms with Crippen LogP contribution in [0.1, 0.15) is 23.2 Å². The number of hydrogen-bond acceptors (Lipinski definition) is 7. The first kappa shape index (κ1) is 17.2. The topological polar surface area (TPSA) is 173 Å². The zero-order valence-corrected chi connectivity index (χ0v) is 12.0. The molecule has 0 saturated heterocycles. The fourth-order valence-electron chi connectivity index (χ4n) is 2.55. The molecule has 8 N–H and O–H groups in total. The van der Waals surface area contributed by atoms with Crippen LogP contribution < -0.4 is 11.1 Å². The molecule has 1 aliphatic rings. The summed E-state index contributed by atoms with van der Waals surface area (Å²) in [6, 6.07) is 3.67. The van der Waals surface area contributed by atoms with Gasteiger partial charge in [-0.15, -0.1) is 0 Å². The SMILES string of the molecule is Nc1cc(NC(=O)[C@]2(O)C[C@@H](O)[C@@H](O)[C@H](O)C2)cc(C(=O)O)c1. The van der Waals surface area contributed by atoms with Crippen LogP contribution in [0, 0.1) is 0 Å². The standard InChI is InChI=1S/C14H18N2O7/c15-7-1-6(12(20)21)2-8(3-7)16-13(22)14(23)4-9(17)11(19)10(18)5-14/h1-3,9-11,17-19,23H,4-5,15H2,(H,16,22)(H,20,21)/t9-,10-,11-,14+/m1/s1. The van der Waals surface area contributed by atoms with Crippen LogP contribution in [-0.4, -0.2) is 61.3 Å². The van der Waals surface area contributed by atoms with Gasteiger partial charge in [-0.2, -0.15) is 0 Å². The number of anilines is 2. The molecule has 0 heterocycles. The number of rotatable bonds is 3. The Bertz CT molecular complexity index is 622. The minimum atomic E-state index is -2.11. The Balaban J connectivity index is 2.20. The van der Waals surface area contributed by atoms with Crippen molar-refractivity contribution in [2.45, 2.75) is 36.8 Å². The van der Waals surface area contributed by atoms with Crippen LogP contribution in [0.2, 0.25) is 0 Å². The maximum absolute atomic E-state index is 12.2. The van der Waals surface area contributed by atoms with E-state index in [0.29, 0.717) is 0 Å². The van der Waals surface area contributed by atoms with E-state index >= 15 is 0 Å². The Morgan fingerprint density at radius 1 is 1.13 bits per heavy atom. The highest BCUT2D eigenvalue weighted by molar-refractivity contribution is 5.99. The van der Waals surface area contributed by atoms with Crippen LogP contribution in [0.4, 0.5) is 11.4 Å². The minimum Gasteiger partial charge on any atom is -0.478 e. The van der Waals surface area contributed by atoms with Crippen LogP contribution in [0.3, 0.4) is 0 Å². The van der Waals surface area contributed by atoms with Gasteiger partial charge in [0.2, 0.25) is 0 Å². The van der Waals surface area contributed by atoms with E-state index in [0.717, 1.165) is 6.07 Å². The molecule has 9 heteroatoms. The van der Waals surface area contributed by atoms with Gasteiger partial charge in [-0.3, -0.25) is 4.79 Å². The molecule has 1 aromatic rings. The van der Waals surface area contributed by atoms with Gasteiger partial charge in [0.05, 0.1) is 17.8 Å². The number of carboxylic acids is 1. The summed E-state index contributed by atoms with van der Waals surface area (Å²) in [4.78, 5) is 23.2. The highest BCUT2D eigenvalue weighted by atomic mass is 16.4. The van der Waals surface area contributed by atoms with Crippen LogP contribution in [-0.2, 0) is 4.79 Å². The van der Waals surface area contributed by atoms with Gasteiger partial charge in [0.15, 0.2) is 0 Å². The smallest absolute Gasteiger partial charge is 0.335 e. The Morgan fingerprint density at radius 2 is 1.70 bits per heavy atom. The number of carbonyl (C=O) groups excluding carboxylic acids is 1. The molecule has 1 aliphatic carbocycles. The first-order valence-corrected chi connectivity index (χ1v) is 6.84. The Morgan fingerprint density at radius 3 is 2.22 bits per heavy atom. The second-order valence-corrected chi connectivity index (χ2v) is 5.67. The van der Waals surface area contributed by atoms with Crippen molar-refractivity contribution in [3.63, 3.8) is 0 Å². The lowest BCUT2D eigenvalue weighted by atomic mass is 9.79. The fourth-order valence-corrected chi connectivity index (χ4v) is 2.55. The molecule has 23 heavy (non-hydrogen) atoms. The molecule has 1 aromatic carbocycles. The second kappa shape index (κ2) is 6.13. The van der Waals surface area contributed by atoms with E-state index in [4.69, 9.17) is 10.8 Å². The van der Waals surface area contributed by atoms with Crippen LogP contribution in [0.15, 0.2) is 18.2 Å². The average Bonchev–Trinajstić information content (AvgIpc) is 2.44. The molecule has 0 bridgehead atoms. The average molecular weight is 326 g/mol. The third kappa shape index (κ3) is 3.59. The van der Waals surface area contributed by atoms with Gasteiger partial charge in [0.1, 0.15) is 11.7 Å². The number of nitrogens with two attached hydrogens (primary N) is 1. The molecule has 1 saturated carbocycles. The Labute approximate surface area is 131 Å². The van der Waals surface area contributed by atoms with E-state index in [9.17, 15) is 30.0 Å². The third-order valence-corrected chi connectivity index (χ3v) is 3.76. The monoisotopic (exact) mass is 326 g/mol. The number of aromatic carboxylic acids is 1. The van der Waals surface area contributed by atoms with Gasteiger partial charge < -0.3 is 36.6 Å². The lowest BCUT2D eigenvalue weighted by Crippen LogP contribution is -2.57. The molecule has 9 nitrogen and oxygen atoms in total. The lowest BCUT2D eigenvalue weighted by Gasteiger charge is -2.39. The van der Waals surface area contributed by atoms with Crippen molar-refractivity contribution in [2.24, 2.45) is 0 Å². The molecule has 0 radical (unpaired) electrons. The predicted octanol–water partition coefficient (Wildman–Crippen LogP) is -1.49. The van der Waals surface area contributed by atoms with Crippen molar-refractivity contribution in [1.29, 1.82) is 0 Å². The number of nitrogens with one attached hydrogen (secondary N) is 1. The molecule has 0 aromatic heterocycles. The number of aliphatic hydroxyl groups is 4. The molecule has 2 rings (SSSR count). The van der Waals surface area contributed by atoms with Gasteiger partial charge >= 0.3 is 5.97 Å². The van der Waals surface area contributed by atoms with Crippen LogP contribution >= 0.6 is 0 Å². The number of amides is 1. The summed E-state index contributed by atoms with van der Waals surface area (Å²) >= 11 is 0. The van der Waals surface area contributed by atoms with E-state index in [-0.39, 0.29) is 16.9 Å². The van der Waals surface area contributed by atoms with Crippen molar-refractivity contribution in [3.05, 3.63) is 23.8 Å². The number of aliphatic hydroxyl groups excluding tert-OH is 3. The zero-order chi connectivity index (χ0) is 17.4. The molecule has 126 valence electrons. The molecule has 0 spiro atoms. The Kier molecular flexibility index (Phi) is 4.57. The van der Waals surface area contributed by atoms with Crippen LogP contribution in [0.5, 0.6) is 0 Å². The number of carboxylic acid groups (broad SMARTS) is 1. The van der Waals surface area contributed by atoms with Crippen molar-refractivity contribution >= 4 is 23.3 Å². The zero-order valence-electron chi connectivity index (χ0n) is 12.0. The molecular weight excluding hydrogens is 308 g/mol. The number of benzene rings is 1. The van der Waals surface area contributed by atoms with Crippen molar-refractivity contribution < 1.29 is 35.1 Å². The maximum atomic E-state index is 12.2. The summed E-state index contributed by atoms with van der Waals surface area (Å²) in [6.45, 7) is 0. The Hall–Kier alpha value is -2.20. The number of hydrogen-bond donors (Lipinski definition) is 7. The number of nitrogen functional groups attached to an aromatic ring is 1. The molecule has 0 unspecified atom stereocenters. The third-order valence-electron chi connectivity index (χ3n) is 3.76. The molecule has 1 amide bonds. The quantitative estimate of drug-likeness (QED) is 0.329. The largest absolute Gasteiger partial charge is 0.478 e. The van der Waals surface area contributed by atoms with Crippen molar-refractivity contribution in [2.75, 3.05) is 11.1 Å². The minimum absolute atomic E-state index is 0.0518. The van der Waals surface area contributed by atoms with Gasteiger partial charge in [0, 0.05) is 24.2 Å². The van der Waals surface area contributed by atoms with E-state index in [1.807, 2.05) is 0 Å². The lowest BCUT2D eigenvalue weighted by molar-refractivity contribution is -0.168. The fraction of sp³-hybridized carbons (Fsp3) is 0.429. The first-order chi connectivity index (χ1) is 10.6. The van der Waals surface area contributed by atoms with Gasteiger partial charge in [0.25, 0.3) is 5.91 Å². The van der Waals surface area contributed by atoms with Gasteiger partial charge in [-0.25, -0.2) is 4.79 Å². The van der Waals surface area contributed by atoms with Gasteiger partial charge in [-0.1, -0.05) is 0 Å². The highest BCUT2D eigenvalue weighted by Gasteiger charge is 2.48. The van der Waals surface area contributed by atoms with E-state index in [1.54, 1.807) is 0 Å². The summed E-state index contributed by atoms with van der Waals surface area (Å²) < 4.78 is 0. The summed E-state index contributed by atoms with van der Waals surface area (Å²) in [7, 11) is 0. The van der Waals surface area contributed by atoms with E-state index < -0.39 is 48.6 Å². The molecule has 0 aliphatic heterocycles. The molecule has 2 atom stereocenters. The molecular formula is C14H18N2O7. The van der Waals surface area contributed by atoms with Crippen LogP contribution in [0.25, 0.3) is 0 Å². The van der Waals surface area contributed by atoms with E-state index in [2.05, 4.69) is 5.32 Å². The second-order valence-electron chi connectivity index (χ2n) is 5.67. The first-order valence-electron chi connectivity index (χ1n) is 6.84. The predicted molar refractivity (Wildman–Crippen MR) is 78.6 cm³/mol. The van der Waals surface area contributed by atoms with Crippen molar-refractivity contribution in [3.8, 4) is 0 Å². The summed E-state index contributed by atoms with van der Waals surface area (Å²) in [5.74, 6) is -2.18. The van der Waals surface area contributed by atoms with Gasteiger partial charge in [-0.05, 0) is 18.2 Å². The number of carbonyl (C=O) groups is 2. The summed E-state index contributed by atoms with van der Waals surface area (Å²) in [6.07, 6.45) is -5.32. The normalized spacial score (nSPS) is 30.7. The van der Waals surface area contributed by atoms with Crippen molar-refractivity contribution in [1.82, 2.24) is 0 Å². The van der Waals surface area contributed by atoms with E-state index in [1.165, 1.54) is 12.1 Å². The maximum Gasteiger partial charge on any atom is 0.335 e.